The Morgan fingerprint density at radius 2 is 1.86 bits per heavy atom. The Morgan fingerprint density at radius 3 is 2.55 bits per heavy atom. The summed E-state index contributed by atoms with van der Waals surface area (Å²) in [6.45, 7) is -0.490. The van der Waals surface area contributed by atoms with Gasteiger partial charge in [-0.05, 0) is 31.0 Å². The van der Waals surface area contributed by atoms with E-state index in [2.05, 4.69) is 4.72 Å². The zero-order chi connectivity index (χ0) is 20.8. The van der Waals surface area contributed by atoms with Gasteiger partial charge in [-0.15, -0.1) is 0 Å². The van der Waals surface area contributed by atoms with Gasteiger partial charge in [0.15, 0.2) is 18.1 Å². The first-order valence-electron chi connectivity index (χ1n) is 8.88. The highest BCUT2D eigenvalue weighted by Crippen LogP contribution is 2.51. The van der Waals surface area contributed by atoms with Crippen molar-refractivity contribution < 1.29 is 27.8 Å². The summed E-state index contributed by atoms with van der Waals surface area (Å²) in [5, 5.41) is 8.94. The summed E-state index contributed by atoms with van der Waals surface area (Å²) in [7, 11) is -3.96. The van der Waals surface area contributed by atoms with Gasteiger partial charge in [0.25, 0.3) is 0 Å². The van der Waals surface area contributed by atoms with E-state index in [0.29, 0.717) is 24.3 Å². The van der Waals surface area contributed by atoms with Crippen LogP contribution in [-0.4, -0.2) is 38.2 Å². The Hall–Kier alpha value is -2.00. The van der Waals surface area contributed by atoms with Crippen LogP contribution in [0.1, 0.15) is 24.3 Å². The molecule has 2 aromatic carbocycles. The highest BCUT2D eigenvalue weighted by Gasteiger charge is 2.47. The summed E-state index contributed by atoms with van der Waals surface area (Å²) in [5.41, 5.74) is 0.786. The van der Waals surface area contributed by atoms with Gasteiger partial charge in [-0.2, -0.15) is 0 Å². The van der Waals surface area contributed by atoms with Crippen LogP contribution in [-0.2, 0) is 14.8 Å². The van der Waals surface area contributed by atoms with Crippen LogP contribution in [0.4, 0.5) is 0 Å². The third-order valence-corrected chi connectivity index (χ3v) is 7.52. The van der Waals surface area contributed by atoms with Gasteiger partial charge in [0.1, 0.15) is 11.0 Å². The molecule has 0 bridgehead atoms. The molecule has 29 heavy (non-hydrogen) atoms. The van der Waals surface area contributed by atoms with E-state index in [9.17, 15) is 13.2 Å². The standard InChI is InChI=1S/C19H17Cl2NO6S/c20-11-4-2-5-12(21)19(11)29(25,26)22-13-7-8-14-17(13)10-3-1-6-15(18(10)28-14)27-9-16(23)24/h1-6,13-14,17,22H,7-9H2,(H,23,24). The average Bonchev–Trinajstić information content (AvgIpc) is 3.19. The van der Waals surface area contributed by atoms with Crippen molar-refractivity contribution in [1.82, 2.24) is 4.72 Å². The summed E-state index contributed by atoms with van der Waals surface area (Å²) in [4.78, 5) is 10.7. The van der Waals surface area contributed by atoms with E-state index in [4.69, 9.17) is 37.8 Å². The molecule has 2 aromatic rings. The van der Waals surface area contributed by atoms with Crippen LogP contribution >= 0.6 is 23.2 Å². The van der Waals surface area contributed by atoms with Gasteiger partial charge in [0.2, 0.25) is 10.0 Å². The van der Waals surface area contributed by atoms with Crippen molar-refractivity contribution in [3.63, 3.8) is 0 Å². The minimum absolute atomic E-state index is 0.0481. The molecule has 2 N–H and O–H groups in total. The fourth-order valence-corrected chi connectivity index (χ4v) is 6.40. The SMILES string of the molecule is O=C(O)COc1cccc2c1OC1CCC(NS(=O)(=O)c3c(Cl)cccc3Cl)C21. The molecule has 3 atom stereocenters. The molecule has 1 saturated carbocycles. The maximum Gasteiger partial charge on any atom is 0.341 e. The number of carboxylic acids is 1. The van der Waals surface area contributed by atoms with E-state index in [-0.39, 0.29) is 27.0 Å². The minimum atomic E-state index is -3.96. The first kappa shape index (κ1) is 20.3. The average molecular weight is 458 g/mol. The van der Waals surface area contributed by atoms with Crippen molar-refractivity contribution >= 4 is 39.2 Å². The normalized spacial score (nSPS) is 22.6. The highest BCUT2D eigenvalue weighted by molar-refractivity contribution is 7.89. The number of para-hydroxylation sites is 1. The van der Waals surface area contributed by atoms with Crippen LogP contribution in [0.25, 0.3) is 0 Å². The van der Waals surface area contributed by atoms with Crippen LogP contribution < -0.4 is 14.2 Å². The van der Waals surface area contributed by atoms with Crippen molar-refractivity contribution in [1.29, 1.82) is 0 Å². The molecule has 154 valence electrons. The fourth-order valence-electron chi connectivity index (χ4n) is 3.97. The molecule has 0 aromatic heterocycles. The summed E-state index contributed by atoms with van der Waals surface area (Å²) in [6.07, 6.45) is 0.992. The maximum atomic E-state index is 13.0. The molecule has 1 aliphatic heterocycles. The Balaban J connectivity index is 1.62. The van der Waals surface area contributed by atoms with Gasteiger partial charge in [-0.1, -0.05) is 41.4 Å². The molecule has 0 saturated heterocycles. The van der Waals surface area contributed by atoms with Gasteiger partial charge in [0, 0.05) is 17.5 Å². The number of aliphatic carboxylic acids is 1. The maximum absolute atomic E-state index is 13.0. The van der Waals surface area contributed by atoms with E-state index >= 15 is 0 Å². The van der Waals surface area contributed by atoms with E-state index in [1.165, 1.54) is 12.1 Å². The van der Waals surface area contributed by atoms with Crippen molar-refractivity contribution in [3.05, 3.63) is 52.0 Å². The van der Waals surface area contributed by atoms with E-state index < -0.39 is 28.6 Å². The number of benzene rings is 2. The number of hydrogen-bond acceptors (Lipinski definition) is 5. The summed E-state index contributed by atoms with van der Waals surface area (Å²) in [6, 6.07) is 9.30. The Labute approximate surface area is 177 Å². The highest BCUT2D eigenvalue weighted by atomic mass is 35.5. The minimum Gasteiger partial charge on any atom is -0.486 e. The molecular weight excluding hydrogens is 441 g/mol. The lowest BCUT2D eigenvalue weighted by Gasteiger charge is -2.20. The molecule has 3 unspecified atom stereocenters. The predicted octanol–water partition coefficient (Wildman–Crippen LogP) is 3.44. The molecular formula is C19H17Cl2NO6S. The third kappa shape index (κ3) is 3.77. The molecule has 4 rings (SSSR count). The lowest BCUT2D eigenvalue weighted by molar-refractivity contribution is -0.139. The fraction of sp³-hybridized carbons (Fsp3) is 0.316. The second kappa shape index (κ2) is 7.68. The Bertz CT molecular complexity index is 1050. The van der Waals surface area contributed by atoms with Crippen LogP contribution in [0.2, 0.25) is 10.0 Å². The van der Waals surface area contributed by atoms with E-state index in [0.717, 1.165) is 5.56 Å². The molecule has 1 fully saturated rings. The van der Waals surface area contributed by atoms with Crippen molar-refractivity contribution in [3.8, 4) is 11.5 Å². The summed E-state index contributed by atoms with van der Waals surface area (Å²) < 4.78 is 40.0. The zero-order valence-corrected chi connectivity index (χ0v) is 17.3. The van der Waals surface area contributed by atoms with Gasteiger partial charge in [-0.3, -0.25) is 0 Å². The van der Waals surface area contributed by atoms with Crippen LogP contribution in [0.3, 0.4) is 0 Å². The zero-order valence-electron chi connectivity index (χ0n) is 15.0. The topological polar surface area (TPSA) is 102 Å². The molecule has 2 aliphatic rings. The van der Waals surface area contributed by atoms with Crippen LogP contribution in [0.15, 0.2) is 41.3 Å². The molecule has 0 amide bonds. The van der Waals surface area contributed by atoms with Crippen molar-refractivity contribution in [2.24, 2.45) is 0 Å². The number of halogens is 2. The van der Waals surface area contributed by atoms with Crippen LogP contribution in [0.5, 0.6) is 11.5 Å². The number of fused-ring (bicyclic) bond motifs is 3. The number of ether oxygens (including phenoxy) is 2. The number of nitrogens with one attached hydrogen (secondary N) is 1. The summed E-state index contributed by atoms with van der Waals surface area (Å²) in [5.74, 6) is -0.532. The molecule has 1 aliphatic carbocycles. The second-order valence-corrected chi connectivity index (χ2v) is 9.36. The predicted molar refractivity (Wildman–Crippen MR) is 107 cm³/mol. The molecule has 10 heteroatoms. The third-order valence-electron chi connectivity index (χ3n) is 5.08. The lowest BCUT2D eigenvalue weighted by atomic mass is 9.94. The van der Waals surface area contributed by atoms with Crippen molar-refractivity contribution in [2.75, 3.05) is 6.61 Å². The molecule has 0 radical (unpaired) electrons. The number of carboxylic acid groups (broad SMARTS) is 1. The lowest BCUT2D eigenvalue weighted by Crippen LogP contribution is -2.37. The first-order valence-corrected chi connectivity index (χ1v) is 11.1. The van der Waals surface area contributed by atoms with Gasteiger partial charge in [-0.25, -0.2) is 17.9 Å². The molecule has 1 heterocycles. The Morgan fingerprint density at radius 1 is 1.17 bits per heavy atom. The Kier molecular flexibility index (Phi) is 5.37. The quantitative estimate of drug-likeness (QED) is 0.688. The van der Waals surface area contributed by atoms with Gasteiger partial charge >= 0.3 is 5.97 Å². The van der Waals surface area contributed by atoms with Gasteiger partial charge in [0.05, 0.1) is 10.0 Å². The molecule has 0 spiro atoms. The second-order valence-electron chi connectivity index (χ2n) is 6.89. The number of sulfonamides is 1. The van der Waals surface area contributed by atoms with E-state index in [1.54, 1.807) is 18.2 Å². The number of carbonyl (C=O) groups is 1. The number of rotatable bonds is 6. The van der Waals surface area contributed by atoms with Gasteiger partial charge < -0.3 is 14.6 Å². The number of hydrogen-bond donors (Lipinski definition) is 2. The van der Waals surface area contributed by atoms with E-state index in [1.807, 2.05) is 6.07 Å². The van der Waals surface area contributed by atoms with Crippen LogP contribution in [0, 0.1) is 0 Å². The smallest absolute Gasteiger partial charge is 0.341 e. The molecule has 7 nitrogen and oxygen atoms in total. The monoisotopic (exact) mass is 457 g/mol. The first-order chi connectivity index (χ1) is 13.8. The summed E-state index contributed by atoms with van der Waals surface area (Å²) >= 11 is 12.2. The van der Waals surface area contributed by atoms with Crippen molar-refractivity contribution in [2.45, 2.75) is 35.8 Å². The largest absolute Gasteiger partial charge is 0.486 e.